The van der Waals surface area contributed by atoms with Gasteiger partial charge in [0.15, 0.2) is 0 Å². The van der Waals surface area contributed by atoms with Gasteiger partial charge in [-0.05, 0) is 23.6 Å². The predicted molar refractivity (Wildman–Crippen MR) is 56.5 cm³/mol. The molecule has 1 unspecified atom stereocenters. The zero-order valence-corrected chi connectivity index (χ0v) is 8.60. The maximum atomic E-state index is 10.5. The highest BCUT2D eigenvalue weighted by atomic mass is 16.4. The van der Waals surface area contributed by atoms with Gasteiger partial charge in [-0.3, -0.25) is 4.79 Å². The number of aryl methyl sites for hydroxylation is 1. The number of benzene rings is 1. The number of carbonyl (C=O) groups is 1. The van der Waals surface area contributed by atoms with Gasteiger partial charge in [0, 0.05) is 0 Å². The van der Waals surface area contributed by atoms with Crippen LogP contribution in [-0.2, 0) is 11.2 Å². The van der Waals surface area contributed by atoms with Crippen LogP contribution >= 0.6 is 0 Å². The Bertz CT molecular complexity index is 363. The Kier molecular flexibility index (Phi) is 3.82. The van der Waals surface area contributed by atoms with Gasteiger partial charge < -0.3 is 15.9 Å². The van der Waals surface area contributed by atoms with Crippen molar-refractivity contribution in [3.05, 3.63) is 34.9 Å². The van der Waals surface area contributed by atoms with Crippen LogP contribution in [0.2, 0.25) is 0 Å². The highest BCUT2D eigenvalue weighted by Gasteiger charge is 2.09. The van der Waals surface area contributed by atoms with Gasteiger partial charge in [0.2, 0.25) is 0 Å². The van der Waals surface area contributed by atoms with Crippen molar-refractivity contribution in [3.63, 3.8) is 0 Å². The molecule has 82 valence electrons. The molecule has 1 rings (SSSR count). The topological polar surface area (TPSA) is 83.5 Å². The molecule has 4 N–H and O–H groups in total. The van der Waals surface area contributed by atoms with E-state index in [4.69, 9.17) is 15.9 Å². The number of hydrogen-bond acceptors (Lipinski definition) is 3. The average Bonchev–Trinajstić information content (AvgIpc) is 2.16. The molecular weight excluding hydrogens is 194 g/mol. The first kappa shape index (κ1) is 11.7. The molecule has 0 spiro atoms. The second-order valence-electron chi connectivity index (χ2n) is 3.55. The van der Waals surface area contributed by atoms with Gasteiger partial charge in [0.1, 0.15) is 0 Å². The molecule has 1 aromatic rings. The lowest BCUT2D eigenvalue weighted by Crippen LogP contribution is -2.16. The Morgan fingerprint density at radius 3 is 2.67 bits per heavy atom. The minimum Gasteiger partial charge on any atom is -0.481 e. The Morgan fingerprint density at radius 1 is 1.53 bits per heavy atom. The van der Waals surface area contributed by atoms with Crippen molar-refractivity contribution in [3.8, 4) is 0 Å². The molecule has 0 aliphatic rings. The molecule has 0 aliphatic heterocycles. The van der Waals surface area contributed by atoms with Crippen LogP contribution in [0.15, 0.2) is 18.2 Å². The number of aliphatic hydroxyl groups is 1. The number of rotatable bonds is 4. The summed E-state index contributed by atoms with van der Waals surface area (Å²) in [5.74, 6) is -0.853. The van der Waals surface area contributed by atoms with Gasteiger partial charge in [-0.15, -0.1) is 0 Å². The SMILES string of the molecule is Cc1cc(CC(=O)O)ccc1C(N)CO. The van der Waals surface area contributed by atoms with Crippen LogP contribution in [-0.4, -0.2) is 22.8 Å². The molecule has 4 heteroatoms. The van der Waals surface area contributed by atoms with Gasteiger partial charge in [-0.25, -0.2) is 0 Å². The molecule has 0 amide bonds. The first-order chi connectivity index (χ1) is 7.04. The van der Waals surface area contributed by atoms with Crippen LogP contribution in [0.5, 0.6) is 0 Å². The summed E-state index contributed by atoms with van der Waals surface area (Å²) in [6.45, 7) is 1.75. The fourth-order valence-electron chi connectivity index (χ4n) is 1.54. The standard InChI is InChI=1S/C11H15NO3/c1-7-4-8(5-11(14)15)2-3-9(7)10(12)6-13/h2-4,10,13H,5-6,12H2,1H3,(H,14,15). The molecule has 1 atom stereocenters. The number of nitrogens with two attached hydrogens (primary N) is 1. The predicted octanol–water partition coefficient (Wildman–Crippen LogP) is 0.614. The number of carboxylic acids is 1. The quantitative estimate of drug-likeness (QED) is 0.678. The molecule has 0 saturated heterocycles. The first-order valence-corrected chi connectivity index (χ1v) is 4.72. The smallest absolute Gasteiger partial charge is 0.307 e. The van der Waals surface area contributed by atoms with Crippen molar-refractivity contribution in [1.82, 2.24) is 0 Å². The Hall–Kier alpha value is -1.39. The van der Waals surface area contributed by atoms with Crippen LogP contribution in [0, 0.1) is 6.92 Å². The van der Waals surface area contributed by atoms with Crippen LogP contribution in [0.3, 0.4) is 0 Å². The molecule has 4 nitrogen and oxygen atoms in total. The number of hydrogen-bond donors (Lipinski definition) is 3. The van der Waals surface area contributed by atoms with Gasteiger partial charge >= 0.3 is 5.97 Å². The largest absolute Gasteiger partial charge is 0.481 e. The Balaban J connectivity index is 2.92. The average molecular weight is 209 g/mol. The summed E-state index contributed by atoms with van der Waals surface area (Å²) in [5, 5.41) is 17.5. The normalized spacial score (nSPS) is 12.5. The molecule has 0 bridgehead atoms. The first-order valence-electron chi connectivity index (χ1n) is 4.72. The summed E-state index contributed by atoms with van der Waals surface area (Å²) < 4.78 is 0. The monoisotopic (exact) mass is 209 g/mol. The summed E-state index contributed by atoms with van der Waals surface area (Å²) in [6.07, 6.45) is 0.00941. The number of aliphatic carboxylic acids is 1. The van der Waals surface area contributed by atoms with Gasteiger partial charge in [0.05, 0.1) is 19.1 Å². The molecule has 0 fully saturated rings. The van der Waals surface area contributed by atoms with E-state index >= 15 is 0 Å². The van der Waals surface area contributed by atoms with Gasteiger partial charge in [-0.1, -0.05) is 18.2 Å². The maximum absolute atomic E-state index is 10.5. The van der Waals surface area contributed by atoms with Crippen LogP contribution in [0.25, 0.3) is 0 Å². The van der Waals surface area contributed by atoms with E-state index in [9.17, 15) is 4.79 Å². The zero-order valence-electron chi connectivity index (χ0n) is 8.60. The highest BCUT2D eigenvalue weighted by Crippen LogP contribution is 2.17. The van der Waals surface area contributed by atoms with Crippen molar-refractivity contribution >= 4 is 5.97 Å². The van der Waals surface area contributed by atoms with Gasteiger partial charge in [-0.2, -0.15) is 0 Å². The zero-order chi connectivity index (χ0) is 11.4. The second-order valence-corrected chi connectivity index (χ2v) is 3.55. The highest BCUT2D eigenvalue weighted by molar-refractivity contribution is 5.70. The lowest BCUT2D eigenvalue weighted by atomic mass is 9.99. The summed E-state index contributed by atoms with van der Waals surface area (Å²) in [4.78, 5) is 10.5. The number of aliphatic hydroxyl groups excluding tert-OH is 1. The summed E-state index contributed by atoms with van der Waals surface area (Å²) in [5.41, 5.74) is 8.19. The third kappa shape index (κ3) is 3.04. The van der Waals surface area contributed by atoms with E-state index in [-0.39, 0.29) is 13.0 Å². The van der Waals surface area contributed by atoms with Crippen molar-refractivity contribution < 1.29 is 15.0 Å². The lowest BCUT2D eigenvalue weighted by molar-refractivity contribution is -0.136. The van der Waals surface area contributed by atoms with Crippen LogP contribution in [0.4, 0.5) is 0 Å². The Morgan fingerprint density at radius 2 is 2.20 bits per heavy atom. The molecule has 0 radical (unpaired) electrons. The minimum absolute atomic E-state index is 0.00941. The fraction of sp³-hybridized carbons (Fsp3) is 0.364. The van der Waals surface area contributed by atoms with E-state index in [2.05, 4.69) is 0 Å². The maximum Gasteiger partial charge on any atom is 0.307 e. The Labute approximate surface area is 88.3 Å². The van der Waals surface area contributed by atoms with E-state index in [0.717, 1.165) is 16.7 Å². The van der Waals surface area contributed by atoms with E-state index < -0.39 is 12.0 Å². The van der Waals surface area contributed by atoms with E-state index in [0.29, 0.717) is 0 Å². The van der Waals surface area contributed by atoms with Crippen molar-refractivity contribution in [2.75, 3.05) is 6.61 Å². The molecule has 0 aromatic heterocycles. The minimum atomic E-state index is -0.853. The molecule has 0 heterocycles. The van der Waals surface area contributed by atoms with Crippen LogP contribution in [0.1, 0.15) is 22.7 Å². The number of carboxylic acid groups (broad SMARTS) is 1. The van der Waals surface area contributed by atoms with Crippen molar-refractivity contribution in [2.24, 2.45) is 5.73 Å². The van der Waals surface area contributed by atoms with Gasteiger partial charge in [0.25, 0.3) is 0 Å². The molecule has 0 aliphatic carbocycles. The summed E-state index contributed by atoms with van der Waals surface area (Å²) >= 11 is 0. The molecule has 1 aromatic carbocycles. The summed E-state index contributed by atoms with van der Waals surface area (Å²) in [7, 11) is 0. The lowest BCUT2D eigenvalue weighted by Gasteiger charge is -2.12. The fourth-order valence-corrected chi connectivity index (χ4v) is 1.54. The molecule has 15 heavy (non-hydrogen) atoms. The third-order valence-electron chi connectivity index (χ3n) is 2.29. The van der Waals surface area contributed by atoms with E-state index in [1.165, 1.54) is 0 Å². The third-order valence-corrected chi connectivity index (χ3v) is 2.29. The van der Waals surface area contributed by atoms with Crippen molar-refractivity contribution in [1.29, 1.82) is 0 Å². The van der Waals surface area contributed by atoms with Crippen LogP contribution < -0.4 is 5.73 Å². The molecular formula is C11H15NO3. The molecule has 0 saturated carbocycles. The second kappa shape index (κ2) is 4.91. The summed E-state index contributed by atoms with van der Waals surface area (Å²) in [6, 6.07) is 4.89. The van der Waals surface area contributed by atoms with E-state index in [1.54, 1.807) is 18.2 Å². The van der Waals surface area contributed by atoms with E-state index in [1.807, 2.05) is 6.92 Å². The van der Waals surface area contributed by atoms with Crippen molar-refractivity contribution in [2.45, 2.75) is 19.4 Å².